The highest BCUT2D eigenvalue weighted by Crippen LogP contribution is 2.35. The number of carbonyl (C=O) groups excluding carboxylic acids is 4. The number of nitrogens with two attached hydrogens (primary N) is 1. The zero-order valence-electron chi connectivity index (χ0n) is 20.7. The first-order valence-corrected chi connectivity index (χ1v) is 12.3. The van der Waals surface area contributed by atoms with Gasteiger partial charge in [0.1, 0.15) is 22.8 Å². The second kappa shape index (κ2) is 8.75. The summed E-state index contributed by atoms with van der Waals surface area (Å²) in [5, 5.41) is 4.96. The summed E-state index contributed by atoms with van der Waals surface area (Å²) < 4.78 is 11.3. The highest BCUT2D eigenvalue weighted by atomic mass is 16.5. The van der Waals surface area contributed by atoms with Crippen molar-refractivity contribution in [2.45, 2.75) is 24.9 Å². The summed E-state index contributed by atoms with van der Waals surface area (Å²) in [7, 11) is 1.52. The van der Waals surface area contributed by atoms with Gasteiger partial charge in [-0.3, -0.25) is 19.7 Å². The minimum Gasteiger partial charge on any atom is -0.497 e. The Labute approximate surface area is 217 Å². The van der Waals surface area contributed by atoms with Crippen LogP contribution in [0.3, 0.4) is 0 Å². The molecule has 4 N–H and O–H groups in total. The highest BCUT2D eigenvalue weighted by molar-refractivity contribution is 6.08. The quantitative estimate of drug-likeness (QED) is 0.411. The van der Waals surface area contributed by atoms with E-state index >= 15 is 0 Å². The Morgan fingerprint density at radius 2 is 2.08 bits per heavy atom. The third kappa shape index (κ3) is 3.80. The number of urea groups is 1. The van der Waals surface area contributed by atoms with E-state index in [0.29, 0.717) is 34.8 Å². The molecule has 2 atom stereocenters. The van der Waals surface area contributed by atoms with Crippen molar-refractivity contribution in [1.29, 1.82) is 0 Å². The second-order valence-corrected chi connectivity index (χ2v) is 9.85. The van der Waals surface area contributed by atoms with E-state index in [1.807, 2.05) is 11.0 Å². The van der Waals surface area contributed by atoms with Crippen molar-refractivity contribution < 1.29 is 28.3 Å². The third-order valence-corrected chi connectivity index (χ3v) is 7.49. The maximum atomic E-state index is 13.2. The average molecular weight is 519 g/mol. The molecule has 2 fully saturated rings. The monoisotopic (exact) mass is 518 g/mol. The van der Waals surface area contributed by atoms with Crippen LogP contribution < -0.4 is 26.0 Å². The van der Waals surface area contributed by atoms with Gasteiger partial charge in [0.05, 0.1) is 19.6 Å². The molecule has 12 nitrogen and oxygen atoms in total. The number of hydrogen-bond acceptors (Lipinski definition) is 8. The first-order valence-electron chi connectivity index (χ1n) is 12.3. The van der Waals surface area contributed by atoms with Gasteiger partial charge >= 0.3 is 6.03 Å². The van der Waals surface area contributed by atoms with Gasteiger partial charge in [0.15, 0.2) is 11.1 Å². The number of nitrogens with one attached hydrogen (secondary N) is 2. The van der Waals surface area contributed by atoms with Gasteiger partial charge in [-0.1, -0.05) is 6.07 Å². The lowest BCUT2D eigenvalue weighted by Gasteiger charge is -2.32. The molecule has 3 aromatic rings. The number of carbonyl (C=O) groups is 4. The molecule has 0 aliphatic carbocycles. The molecule has 2 saturated heterocycles. The van der Waals surface area contributed by atoms with Crippen LogP contribution in [-0.4, -0.2) is 60.4 Å². The minimum atomic E-state index is -1.64. The largest absolute Gasteiger partial charge is 0.497 e. The molecule has 1 unspecified atom stereocenters. The number of pyridine rings is 1. The maximum absolute atomic E-state index is 13.2. The number of rotatable bonds is 6. The zero-order chi connectivity index (χ0) is 26.6. The fraction of sp³-hybridized carbons (Fsp3) is 0.346. The van der Waals surface area contributed by atoms with Crippen LogP contribution in [0.5, 0.6) is 5.75 Å². The van der Waals surface area contributed by atoms with Gasteiger partial charge in [0.2, 0.25) is 5.91 Å². The van der Waals surface area contributed by atoms with Gasteiger partial charge in [-0.2, -0.15) is 0 Å². The number of fused-ring (bicyclic) bond motifs is 2. The molecule has 38 heavy (non-hydrogen) atoms. The number of primary amides is 1. The van der Waals surface area contributed by atoms with Crippen molar-refractivity contribution in [1.82, 2.24) is 20.5 Å². The fourth-order valence-corrected chi connectivity index (χ4v) is 5.45. The van der Waals surface area contributed by atoms with E-state index in [0.717, 1.165) is 24.9 Å². The number of furan rings is 1. The van der Waals surface area contributed by atoms with Crippen LogP contribution in [-0.2, 0) is 21.7 Å². The van der Waals surface area contributed by atoms with E-state index in [1.54, 1.807) is 30.3 Å². The van der Waals surface area contributed by atoms with Gasteiger partial charge < -0.3 is 30.0 Å². The molecule has 3 aliphatic heterocycles. The number of imide groups is 1. The first-order chi connectivity index (χ1) is 18.3. The Hall–Kier alpha value is -4.61. The normalized spacial score (nSPS) is 23.0. The summed E-state index contributed by atoms with van der Waals surface area (Å²) in [6.07, 6.45) is 1.56. The van der Waals surface area contributed by atoms with Crippen molar-refractivity contribution >= 4 is 40.7 Å². The molecule has 6 rings (SSSR count). The number of piperidine rings is 1. The van der Waals surface area contributed by atoms with Crippen LogP contribution >= 0.6 is 0 Å². The molecular formula is C26H26N6O6. The standard InChI is InChI=1S/C26H26N6O6/c1-37-16-5-4-14-11-32(23(34)17(14)9-16)13-26(24(35)29-25(36)30-26)20-10-18-19(38-20)6-7-21(28-18)31-8-2-3-15(12-31)22(27)33/h4-7,9-10,15H,2-3,8,11-13H2,1H3,(H2,27,33)(H2,29,30,35,36)/t15?,26-/m0/s1. The lowest BCUT2D eigenvalue weighted by molar-refractivity contribution is -0.125. The summed E-state index contributed by atoms with van der Waals surface area (Å²) in [6.45, 7) is 1.34. The summed E-state index contributed by atoms with van der Waals surface area (Å²) in [6, 6.07) is 9.69. The Bertz CT molecular complexity index is 1500. The number of nitrogens with zero attached hydrogens (tertiary/aromatic N) is 3. The summed E-state index contributed by atoms with van der Waals surface area (Å²) in [4.78, 5) is 58.6. The topological polar surface area (TPSA) is 160 Å². The highest BCUT2D eigenvalue weighted by Gasteiger charge is 2.53. The molecule has 0 radical (unpaired) electrons. The first kappa shape index (κ1) is 23.8. The lowest BCUT2D eigenvalue weighted by atomic mass is 9.95. The van der Waals surface area contributed by atoms with E-state index < -0.39 is 17.5 Å². The molecule has 1 aromatic carbocycles. The number of ether oxygens (including phenoxy) is 1. The third-order valence-electron chi connectivity index (χ3n) is 7.49. The van der Waals surface area contributed by atoms with Gasteiger partial charge in [-0.15, -0.1) is 0 Å². The second-order valence-electron chi connectivity index (χ2n) is 9.85. The Kier molecular flexibility index (Phi) is 5.47. The average Bonchev–Trinajstić information content (AvgIpc) is 3.57. The smallest absolute Gasteiger partial charge is 0.322 e. The molecule has 0 saturated carbocycles. The van der Waals surface area contributed by atoms with E-state index in [-0.39, 0.29) is 36.6 Å². The predicted molar refractivity (Wildman–Crippen MR) is 134 cm³/mol. The predicted octanol–water partition coefficient (Wildman–Crippen LogP) is 1.23. The molecule has 5 amide bonds. The number of methoxy groups -OCH3 is 1. The number of hydrogen-bond donors (Lipinski definition) is 3. The number of amides is 5. The molecule has 2 aromatic heterocycles. The van der Waals surface area contributed by atoms with Crippen LogP contribution in [0.2, 0.25) is 0 Å². The van der Waals surface area contributed by atoms with Crippen molar-refractivity contribution in [3.63, 3.8) is 0 Å². The summed E-state index contributed by atoms with van der Waals surface area (Å²) in [5.74, 6) is -0.108. The van der Waals surface area contributed by atoms with Crippen LogP contribution in [0.1, 0.15) is 34.5 Å². The van der Waals surface area contributed by atoms with Crippen LogP contribution in [0.25, 0.3) is 11.1 Å². The fourth-order valence-electron chi connectivity index (χ4n) is 5.45. The minimum absolute atomic E-state index is 0.139. The van der Waals surface area contributed by atoms with Crippen molar-refractivity contribution in [2.24, 2.45) is 11.7 Å². The van der Waals surface area contributed by atoms with Crippen molar-refractivity contribution in [3.8, 4) is 5.75 Å². The number of benzene rings is 1. The molecule has 0 bridgehead atoms. The Balaban J connectivity index is 1.33. The molecule has 5 heterocycles. The SMILES string of the molecule is COc1ccc2c(c1)C(=O)N(C[C@@]1(c3cc4nc(N5CCCC(C(N)=O)C5)ccc4o3)NC(=O)NC1=O)C2. The number of anilines is 1. The van der Waals surface area contributed by atoms with Crippen molar-refractivity contribution in [2.75, 3.05) is 31.6 Å². The van der Waals surface area contributed by atoms with E-state index in [1.165, 1.54) is 12.0 Å². The maximum Gasteiger partial charge on any atom is 0.322 e. The van der Waals surface area contributed by atoms with Gasteiger partial charge in [-0.25, -0.2) is 9.78 Å². The molecule has 12 heteroatoms. The van der Waals surface area contributed by atoms with Crippen molar-refractivity contribution in [3.05, 3.63) is 53.3 Å². The summed E-state index contributed by atoms with van der Waals surface area (Å²) >= 11 is 0. The van der Waals surface area contributed by atoms with Gasteiger partial charge in [0, 0.05) is 31.3 Å². The van der Waals surface area contributed by atoms with E-state index in [4.69, 9.17) is 19.9 Å². The zero-order valence-corrected chi connectivity index (χ0v) is 20.7. The van der Waals surface area contributed by atoms with Crippen LogP contribution in [0, 0.1) is 5.92 Å². The van der Waals surface area contributed by atoms with Gasteiger partial charge in [0.25, 0.3) is 11.8 Å². The van der Waals surface area contributed by atoms with Crippen LogP contribution in [0.15, 0.2) is 40.8 Å². The summed E-state index contributed by atoms with van der Waals surface area (Å²) in [5.41, 5.74) is 6.06. The van der Waals surface area contributed by atoms with E-state index in [2.05, 4.69) is 10.6 Å². The number of aromatic nitrogens is 1. The molecule has 0 spiro atoms. The van der Waals surface area contributed by atoms with Crippen LogP contribution in [0.4, 0.5) is 10.6 Å². The molecule has 3 aliphatic rings. The Morgan fingerprint density at radius 3 is 2.82 bits per heavy atom. The van der Waals surface area contributed by atoms with Gasteiger partial charge in [-0.05, 0) is 42.7 Å². The molecular weight excluding hydrogens is 492 g/mol. The Morgan fingerprint density at radius 1 is 1.24 bits per heavy atom. The molecule has 196 valence electrons. The lowest BCUT2D eigenvalue weighted by Crippen LogP contribution is -2.52. The van der Waals surface area contributed by atoms with E-state index in [9.17, 15) is 19.2 Å².